The Labute approximate surface area is 63.0 Å². The molecule has 1 aliphatic rings. The van der Waals surface area contributed by atoms with Gasteiger partial charge in [0.15, 0.2) is 5.17 Å². The molecule has 1 saturated heterocycles. The van der Waals surface area contributed by atoms with Gasteiger partial charge in [-0.25, -0.2) is 14.3 Å². The van der Waals surface area contributed by atoms with Crippen LogP contribution in [0.15, 0.2) is 0 Å². The van der Waals surface area contributed by atoms with E-state index in [1.165, 1.54) is 23.7 Å². The number of halogens is 1. The van der Waals surface area contributed by atoms with E-state index < -0.39 is 6.36 Å². The third kappa shape index (κ3) is 1.85. The van der Waals surface area contributed by atoms with Crippen molar-refractivity contribution in [2.75, 3.05) is 12.3 Å². The third-order valence-electron chi connectivity index (χ3n) is 1.03. The molecule has 1 fully saturated rings. The Hall–Kier alpha value is -0.290. The van der Waals surface area contributed by atoms with Crippen molar-refractivity contribution in [3.8, 4) is 0 Å². The van der Waals surface area contributed by atoms with E-state index in [1.807, 2.05) is 0 Å². The summed E-state index contributed by atoms with van der Waals surface area (Å²) in [5, 5.41) is 8.77. The Morgan fingerprint density at radius 1 is 1.90 bits per heavy atom. The van der Waals surface area contributed by atoms with Crippen LogP contribution in [0.3, 0.4) is 0 Å². The fourth-order valence-electron chi connectivity index (χ4n) is 0.675. The first-order chi connectivity index (χ1) is 4.70. The predicted molar refractivity (Wildman–Crippen MR) is 38.5 cm³/mol. The molecule has 58 valence electrons. The highest BCUT2D eigenvalue weighted by atomic mass is 32.2. The van der Waals surface area contributed by atoms with Crippen LogP contribution in [0.1, 0.15) is 6.92 Å². The number of alkyl halides is 1. The summed E-state index contributed by atoms with van der Waals surface area (Å²) in [6.45, 7) is 1.91. The highest BCUT2D eigenvalue weighted by Crippen LogP contribution is 2.17. The Kier molecular flexibility index (Phi) is 2.50. The Bertz CT molecular complexity index is 142. The number of thioether (sulfide) groups is 1. The first kappa shape index (κ1) is 7.81. The lowest BCUT2D eigenvalue weighted by atomic mass is 10.7. The summed E-state index contributed by atoms with van der Waals surface area (Å²) in [5.74, 6) is 0.811. The van der Waals surface area contributed by atoms with Gasteiger partial charge in [0.2, 0.25) is 6.36 Å². The molecule has 0 saturated carbocycles. The summed E-state index contributed by atoms with van der Waals surface area (Å²) in [6, 6.07) is 0. The van der Waals surface area contributed by atoms with Crippen molar-refractivity contribution in [1.82, 2.24) is 5.06 Å². The number of hydrogen-bond donors (Lipinski definition) is 1. The van der Waals surface area contributed by atoms with E-state index in [4.69, 9.17) is 5.41 Å². The van der Waals surface area contributed by atoms with Gasteiger partial charge in [0.1, 0.15) is 0 Å². The minimum absolute atomic E-state index is 0.296. The van der Waals surface area contributed by atoms with Gasteiger partial charge in [0, 0.05) is 5.75 Å². The Balaban J connectivity index is 2.33. The highest BCUT2D eigenvalue weighted by molar-refractivity contribution is 8.14. The zero-order valence-corrected chi connectivity index (χ0v) is 6.45. The maximum Gasteiger partial charge on any atom is 0.221 e. The smallest absolute Gasteiger partial charge is 0.221 e. The van der Waals surface area contributed by atoms with E-state index in [2.05, 4.69) is 4.84 Å². The summed E-state index contributed by atoms with van der Waals surface area (Å²) in [7, 11) is 0. The summed E-state index contributed by atoms with van der Waals surface area (Å²) in [6.07, 6.45) is -1.32. The van der Waals surface area contributed by atoms with Crippen molar-refractivity contribution in [3.63, 3.8) is 0 Å². The number of hydrogen-bond acceptors (Lipinski definition) is 3. The summed E-state index contributed by atoms with van der Waals surface area (Å²) in [4.78, 5) is 4.64. The molecule has 1 atom stereocenters. The minimum atomic E-state index is -1.32. The van der Waals surface area contributed by atoms with Crippen LogP contribution in [0.4, 0.5) is 4.39 Å². The maximum atomic E-state index is 12.2. The van der Waals surface area contributed by atoms with Gasteiger partial charge in [-0.1, -0.05) is 11.8 Å². The molecular formula is C5H9FN2OS. The van der Waals surface area contributed by atoms with Gasteiger partial charge >= 0.3 is 0 Å². The zero-order chi connectivity index (χ0) is 7.56. The van der Waals surface area contributed by atoms with Crippen molar-refractivity contribution < 1.29 is 9.23 Å². The average molecular weight is 164 g/mol. The topological polar surface area (TPSA) is 36.3 Å². The Morgan fingerprint density at radius 3 is 3.00 bits per heavy atom. The van der Waals surface area contributed by atoms with Crippen LogP contribution < -0.4 is 0 Å². The second-order valence-electron chi connectivity index (χ2n) is 1.90. The summed E-state index contributed by atoms with van der Waals surface area (Å²) < 4.78 is 12.2. The van der Waals surface area contributed by atoms with Crippen LogP contribution in [0, 0.1) is 5.41 Å². The molecule has 0 amide bonds. The van der Waals surface area contributed by atoms with E-state index in [9.17, 15) is 4.39 Å². The molecule has 0 aliphatic carbocycles. The SMILES string of the molecule is CC(F)ON1CCSC1=N. The lowest BCUT2D eigenvalue weighted by Gasteiger charge is -2.16. The molecule has 1 aliphatic heterocycles. The molecule has 1 rings (SSSR count). The molecule has 0 radical (unpaired) electrons. The fraction of sp³-hybridized carbons (Fsp3) is 0.800. The standard InChI is InChI=1S/C5H9FN2OS/c1-4(6)9-8-2-3-10-5(8)7/h4,7H,2-3H2,1H3. The average Bonchev–Trinajstić information content (AvgIpc) is 2.15. The number of nitrogens with one attached hydrogen (secondary N) is 1. The van der Waals surface area contributed by atoms with Gasteiger partial charge in [0.05, 0.1) is 6.54 Å². The molecule has 0 aromatic rings. The number of amidine groups is 1. The largest absolute Gasteiger partial charge is 0.277 e. The normalized spacial score (nSPS) is 21.8. The zero-order valence-electron chi connectivity index (χ0n) is 5.63. The Morgan fingerprint density at radius 2 is 2.60 bits per heavy atom. The van der Waals surface area contributed by atoms with Crippen molar-refractivity contribution in [1.29, 1.82) is 5.41 Å². The van der Waals surface area contributed by atoms with E-state index in [0.717, 1.165) is 5.75 Å². The van der Waals surface area contributed by atoms with Gasteiger partial charge in [-0.15, -0.1) is 0 Å². The van der Waals surface area contributed by atoms with Crippen LogP contribution in [0.2, 0.25) is 0 Å². The van der Waals surface area contributed by atoms with Gasteiger partial charge < -0.3 is 0 Å². The second kappa shape index (κ2) is 3.21. The van der Waals surface area contributed by atoms with Crippen LogP contribution in [-0.2, 0) is 4.84 Å². The quantitative estimate of drug-likeness (QED) is 0.666. The number of nitrogens with zero attached hydrogens (tertiary/aromatic N) is 1. The van der Waals surface area contributed by atoms with Gasteiger partial charge in [-0.3, -0.25) is 5.41 Å². The van der Waals surface area contributed by atoms with Crippen LogP contribution in [0.25, 0.3) is 0 Å². The van der Waals surface area contributed by atoms with Crippen LogP contribution >= 0.6 is 11.8 Å². The van der Waals surface area contributed by atoms with Crippen molar-refractivity contribution in [2.45, 2.75) is 13.3 Å². The first-order valence-corrected chi connectivity index (χ1v) is 3.98. The van der Waals surface area contributed by atoms with E-state index >= 15 is 0 Å². The monoisotopic (exact) mass is 164 g/mol. The first-order valence-electron chi connectivity index (χ1n) is 3.00. The molecule has 1 heterocycles. The van der Waals surface area contributed by atoms with E-state index in [0.29, 0.717) is 11.7 Å². The van der Waals surface area contributed by atoms with Crippen molar-refractivity contribution >= 4 is 16.9 Å². The van der Waals surface area contributed by atoms with Gasteiger partial charge in [-0.05, 0) is 6.92 Å². The lowest BCUT2D eigenvalue weighted by Crippen LogP contribution is -2.26. The van der Waals surface area contributed by atoms with Crippen LogP contribution in [-0.4, -0.2) is 28.9 Å². The molecule has 0 aromatic heterocycles. The summed E-state index contributed by atoms with van der Waals surface area (Å²) >= 11 is 1.36. The lowest BCUT2D eigenvalue weighted by molar-refractivity contribution is -0.180. The van der Waals surface area contributed by atoms with Crippen molar-refractivity contribution in [2.24, 2.45) is 0 Å². The fourth-order valence-corrected chi connectivity index (χ4v) is 1.40. The van der Waals surface area contributed by atoms with Gasteiger partial charge in [-0.2, -0.15) is 0 Å². The molecular weight excluding hydrogens is 155 g/mol. The molecule has 3 nitrogen and oxygen atoms in total. The number of hydroxylamine groups is 2. The molecule has 1 unspecified atom stereocenters. The predicted octanol–water partition coefficient (Wildman–Crippen LogP) is 1.22. The van der Waals surface area contributed by atoms with Gasteiger partial charge in [0.25, 0.3) is 0 Å². The molecule has 0 bridgehead atoms. The molecule has 1 N–H and O–H groups in total. The van der Waals surface area contributed by atoms with E-state index in [-0.39, 0.29) is 0 Å². The third-order valence-corrected chi connectivity index (χ3v) is 1.90. The van der Waals surface area contributed by atoms with Crippen LogP contribution in [0.5, 0.6) is 0 Å². The maximum absolute atomic E-state index is 12.2. The van der Waals surface area contributed by atoms with E-state index in [1.54, 1.807) is 0 Å². The minimum Gasteiger partial charge on any atom is -0.277 e. The highest BCUT2D eigenvalue weighted by Gasteiger charge is 2.20. The van der Waals surface area contributed by atoms with Crippen molar-refractivity contribution in [3.05, 3.63) is 0 Å². The molecule has 0 spiro atoms. The molecule has 10 heavy (non-hydrogen) atoms. The second-order valence-corrected chi connectivity index (χ2v) is 2.99. The number of rotatable bonds is 2. The molecule has 5 heteroatoms. The molecule has 0 aromatic carbocycles. The summed E-state index contributed by atoms with van der Waals surface area (Å²) in [5.41, 5.74) is 0.